The Morgan fingerprint density at radius 3 is 3.10 bits per heavy atom. The SMILES string of the molecule is O=C=NCC1OCOC1=O. The van der Waals surface area contributed by atoms with Gasteiger partial charge in [-0.3, -0.25) is 0 Å². The van der Waals surface area contributed by atoms with E-state index in [4.69, 9.17) is 4.74 Å². The molecule has 10 heavy (non-hydrogen) atoms. The van der Waals surface area contributed by atoms with Gasteiger partial charge in [0.2, 0.25) is 6.08 Å². The first kappa shape index (κ1) is 6.92. The van der Waals surface area contributed by atoms with Gasteiger partial charge in [0.1, 0.15) is 0 Å². The summed E-state index contributed by atoms with van der Waals surface area (Å²) in [6.07, 6.45) is 0.595. The molecule has 0 aromatic heterocycles. The van der Waals surface area contributed by atoms with Crippen LogP contribution >= 0.6 is 0 Å². The Kier molecular flexibility index (Phi) is 2.15. The van der Waals surface area contributed by atoms with Gasteiger partial charge in [-0.1, -0.05) is 0 Å². The van der Waals surface area contributed by atoms with E-state index in [1.54, 1.807) is 0 Å². The highest BCUT2D eigenvalue weighted by molar-refractivity contribution is 5.76. The highest BCUT2D eigenvalue weighted by Crippen LogP contribution is 2.04. The molecular weight excluding hydrogens is 138 g/mol. The number of esters is 1. The van der Waals surface area contributed by atoms with E-state index in [1.165, 1.54) is 6.08 Å². The van der Waals surface area contributed by atoms with Gasteiger partial charge in [0.15, 0.2) is 12.9 Å². The van der Waals surface area contributed by atoms with E-state index >= 15 is 0 Å². The molecule has 1 atom stereocenters. The van der Waals surface area contributed by atoms with Crippen LogP contribution in [0.3, 0.4) is 0 Å². The van der Waals surface area contributed by atoms with Crippen LogP contribution in [0.15, 0.2) is 4.99 Å². The number of hydrogen-bond acceptors (Lipinski definition) is 5. The number of rotatable bonds is 2. The molecule has 1 rings (SSSR count). The van der Waals surface area contributed by atoms with Crippen molar-refractivity contribution in [2.24, 2.45) is 4.99 Å². The summed E-state index contributed by atoms with van der Waals surface area (Å²) in [5, 5.41) is 0. The number of isocyanates is 1. The van der Waals surface area contributed by atoms with E-state index in [9.17, 15) is 9.59 Å². The quantitative estimate of drug-likeness (QED) is 0.289. The van der Waals surface area contributed by atoms with E-state index < -0.39 is 12.1 Å². The van der Waals surface area contributed by atoms with Crippen LogP contribution in [0.2, 0.25) is 0 Å². The molecule has 1 saturated heterocycles. The number of hydrogen-bond donors (Lipinski definition) is 0. The summed E-state index contributed by atoms with van der Waals surface area (Å²) in [4.78, 5) is 23.3. The molecule has 1 heterocycles. The molecule has 0 bridgehead atoms. The third kappa shape index (κ3) is 1.40. The van der Waals surface area contributed by atoms with Crippen LogP contribution in [0.4, 0.5) is 0 Å². The Morgan fingerprint density at radius 2 is 2.60 bits per heavy atom. The molecule has 1 unspecified atom stereocenters. The van der Waals surface area contributed by atoms with Crippen molar-refractivity contribution in [2.75, 3.05) is 13.3 Å². The number of carbonyl (C=O) groups is 1. The summed E-state index contributed by atoms with van der Waals surface area (Å²) in [6.45, 7) is -0.0415. The van der Waals surface area contributed by atoms with Crippen molar-refractivity contribution in [2.45, 2.75) is 6.10 Å². The fraction of sp³-hybridized carbons (Fsp3) is 0.600. The van der Waals surface area contributed by atoms with Crippen LogP contribution < -0.4 is 0 Å². The molecule has 0 spiro atoms. The average molecular weight is 143 g/mol. The van der Waals surface area contributed by atoms with Crippen LogP contribution in [0.5, 0.6) is 0 Å². The lowest BCUT2D eigenvalue weighted by atomic mass is 10.4. The van der Waals surface area contributed by atoms with Crippen molar-refractivity contribution in [3.8, 4) is 0 Å². The Bertz CT molecular complexity index is 184. The molecule has 1 aliphatic rings. The molecule has 0 amide bonds. The van der Waals surface area contributed by atoms with Gasteiger partial charge in [-0.15, -0.1) is 0 Å². The molecule has 0 N–H and O–H groups in total. The summed E-state index contributed by atoms with van der Waals surface area (Å²) in [5.74, 6) is -0.473. The summed E-state index contributed by atoms with van der Waals surface area (Å²) >= 11 is 0. The summed E-state index contributed by atoms with van der Waals surface area (Å²) < 4.78 is 9.13. The van der Waals surface area contributed by atoms with E-state index in [2.05, 4.69) is 9.73 Å². The first-order valence-corrected chi connectivity index (χ1v) is 2.66. The van der Waals surface area contributed by atoms with Gasteiger partial charge in [-0.05, 0) is 0 Å². The van der Waals surface area contributed by atoms with E-state index in [0.717, 1.165) is 0 Å². The molecule has 5 nitrogen and oxygen atoms in total. The van der Waals surface area contributed by atoms with Gasteiger partial charge in [0, 0.05) is 0 Å². The van der Waals surface area contributed by atoms with Crippen molar-refractivity contribution < 1.29 is 19.1 Å². The fourth-order valence-electron chi connectivity index (χ4n) is 0.583. The highest BCUT2D eigenvalue weighted by Gasteiger charge is 2.26. The molecular formula is C5H5NO4. The Balaban J connectivity index is 2.40. The van der Waals surface area contributed by atoms with Gasteiger partial charge < -0.3 is 9.47 Å². The van der Waals surface area contributed by atoms with Gasteiger partial charge in [-0.25, -0.2) is 14.6 Å². The zero-order chi connectivity index (χ0) is 7.40. The molecule has 0 saturated carbocycles. The van der Waals surface area contributed by atoms with Crippen molar-refractivity contribution >= 4 is 12.0 Å². The molecule has 1 aliphatic heterocycles. The van der Waals surface area contributed by atoms with Crippen molar-refractivity contribution in [3.05, 3.63) is 0 Å². The second-order valence-corrected chi connectivity index (χ2v) is 1.67. The predicted octanol–water partition coefficient (Wildman–Crippen LogP) is -0.778. The van der Waals surface area contributed by atoms with Gasteiger partial charge >= 0.3 is 5.97 Å². The molecule has 0 aliphatic carbocycles. The standard InChI is InChI=1S/C5H5NO4/c7-2-6-1-4-5(8)10-3-9-4/h4H,1,3H2. The Labute approximate surface area is 56.6 Å². The molecule has 0 aromatic carbocycles. The van der Waals surface area contributed by atoms with E-state index in [0.29, 0.717) is 0 Å². The molecule has 54 valence electrons. The number of cyclic esters (lactones) is 1. The molecule has 5 heteroatoms. The lowest BCUT2D eigenvalue weighted by molar-refractivity contribution is -0.138. The topological polar surface area (TPSA) is 65.0 Å². The maximum absolute atomic E-state index is 10.5. The minimum Gasteiger partial charge on any atom is -0.436 e. The smallest absolute Gasteiger partial charge is 0.339 e. The summed E-state index contributed by atoms with van der Waals surface area (Å²) in [6, 6.07) is 0. The lowest BCUT2D eigenvalue weighted by Crippen LogP contribution is -2.19. The minimum absolute atomic E-state index is 0.00231. The predicted molar refractivity (Wildman–Crippen MR) is 28.8 cm³/mol. The van der Waals surface area contributed by atoms with Gasteiger partial charge in [0.25, 0.3) is 0 Å². The monoisotopic (exact) mass is 143 g/mol. The van der Waals surface area contributed by atoms with Crippen molar-refractivity contribution in [1.29, 1.82) is 0 Å². The summed E-state index contributed by atoms with van der Waals surface area (Å²) in [5.41, 5.74) is 0. The third-order valence-electron chi connectivity index (χ3n) is 1.05. The zero-order valence-electron chi connectivity index (χ0n) is 5.07. The molecule has 1 fully saturated rings. The van der Waals surface area contributed by atoms with Gasteiger partial charge in [0.05, 0.1) is 6.54 Å². The normalized spacial score (nSPS) is 23.6. The van der Waals surface area contributed by atoms with E-state index in [1.807, 2.05) is 0 Å². The van der Waals surface area contributed by atoms with Gasteiger partial charge in [-0.2, -0.15) is 0 Å². The van der Waals surface area contributed by atoms with Crippen molar-refractivity contribution in [1.82, 2.24) is 0 Å². The van der Waals surface area contributed by atoms with Crippen LogP contribution in [0.1, 0.15) is 0 Å². The number of nitrogens with zero attached hydrogens (tertiary/aromatic N) is 1. The maximum atomic E-state index is 10.5. The van der Waals surface area contributed by atoms with Crippen LogP contribution in [0, 0.1) is 0 Å². The van der Waals surface area contributed by atoms with E-state index in [-0.39, 0.29) is 13.3 Å². The Hall–Kier alpha value is -1.19. The van der Waals surface area contributed by atoms with Crippen LogP contribution in [-0.2, 0) is 19.1 Å². The number of carbonyl (C=O) groups excluding carboxylic acids is 2. The summed E-state index contributed by atoms with van der Waals surface area (Å²) in [7, 11) is 0. The zero-order valence-corrected chi connectivity index (χ0v) is 5.07. The number of aliphatic imine (C=N–C) groups is 1. The number of ether oxygens (including phenoxy) is 2. The third-order valence-corrected chi connectivity index (χ3v) is 1.05. The average Bonchev–Trinajstić information content (AvgIpc) is 2.31. The second kappa shape index (κ2) is 3.10. The maximum Gasteiger partial charge on any atom is 0.339 e. The Morgan fingerprint density at radius 1 is 1.80 bits per heavy atom. The highest BCUT2D eigenvalue weighted by atomic mass is 16.7. The minimum atomic E-state index is -0.707. The first-order chi connectivity index (χ1) is 4.84. The second-order valence-electron chi connectivity index (χ2n) is 1.67. The first-order valence-electron chi connectivity index (χ1n) is 2.66. The van der Waals surface area contributed by atoms with Crippen LogP contribution in [-0.4, -0.2) is 31.5 Å². The largest absolute Gasteiger partial charge is 0.436 e. The van der Waals surface area contributed by atoms with Crippen molar-refractivity contribution in [3.63, 3.8) is 0 Å². The fourth-order valence-corrected chi connectivity index (χ4v) is 0.583. The molecule has 0 aromatic rings. The lowest BCUT2D eigenvalue weighted by Gasteiger charge is -1.95. The van der Waals surface area contributed by atoms with Crippen LogP contribution in [0.25, 0.3) is 0 Å². The molecule has 0 radical (unpaired) electrons.